The predicted octanol–water partition coefficient (Wildman–Crippen LogP) is -0.130. The third-order valence-electron chi connectivity index (χ3n) is 1.98. The van der Waals surface area contributed by atoms with E-state index in [-0.39, 0.29) is 18.0 Å². The van der Waals surface area contributed by atoms with Gasteiger partial charge in [0.25, 0.3) is 0 Å². The minimum absolute atomic E-state index is 0.0324. The first-order valence-corrected chi connectivity index (χ1v) is 4.70. The van der Waals surface area contributed by atoms with Crippen molar-refractivity contribution >= 4 is 5.91 Å². The maximum Gasteiger partial charge on any atom is 0.236 e. The van der Waals surface area contributed by atoms with Crippen LogP contribution in [0, 0.1) is 0 Å². The van der Waals surface area contributed by atoms with Gasteiger partial charge in [0.1, 0.15) is 0 Å². The van der Waals surface area contributed by atoms with Crippen molar-refractivity contribution in [3.63, 3.8) is 0 Å². The van der Waals surface area contributed by atoms with Gasteiger partial charge in [0, 0.05) is 12.6 Å². The fourth-order valence-electron chi connectivity index (χ4n) is 0.937. The molecular weight excluding hydrogens is 168 g/mol. The van der Waals surface area contributed by atoms with Gasteiger partial charge in [0.2, 0.25) is 5.91 Å². The number of likely N-dealkylation sites (N-methyl/N-ethyl adjacent to an activating group) is 1. The second kappa shape index (κ2) is 5.94. The van der Waals surface area contributed by atoms with Crippen LogP contribution in [0.1, 0.15) is 27.7 Å². The zero-order valence-electron chi connectivity index (χ0n) is 8.79. The van der Waals surface area contributed by atoms with Crippen LogP contribution in [0.3, 0.4) is 0 Å². The first-order valence-electron chi connectivity index (χ1n) is 4.70. The van der Waals surface area contributed by atoms with Crippen molar-refractivity contribution in [1.29, 1.82) is 0 Å². The number of hydrogen-bond acceptors (Lipinski definition) is 3. The molecule has 3 unspecified atom stereocenters. The number of rotatable bonds is 5. The quantitative estimate of drug-likeness (QED) is 0.563. The maximum atomic E-state index is 11.2. The molecule has 0 saturated carbocycles. The molecule has 0 aliphatic carbocycles. The Morgan fingerprint density at radius 3 is 2.31 bits per heavy atom. The highest BCUT2D eigenvalue weighted by Crippen LogP contribution is 1.93. The van der Waals surface area contributed by atoms with Gasteiger partial charge in [-0.05, 0) is 27.7 Å². The van der Waals surface area contributed by atoms with Crippen LogP contribution in [0.25, 0.3) is 0 Å². The fourth-order valence-corrected chi connectivity index (χ4v) is 0.937. The molecule has 0 saturated heterocycles. The Balaban J connectivity index is 3.85. The van der Waals surface area contributed by atoms with Crippen molar-refractivity contribution in [2.45, 2.75) is 45.9 Å². The van der Waals surface area contributed by atoms with E-state index in [1.807, 2.05) is 13.8 Å². The third-order valence-corrected chi connectivity index (χ3v) is 1.98. The Morgan fingerprint density at radius 2 is 1.92 bits per heavy atom. The molecule has 4 nitrogen and oxygen atoms in total. The third kappa shape index (κ3) is 4.85. The lowest BCUT2D eigenvalue weighted by Crippen LogP contribution is -2.48. The number of amides is 1. The van der Waals surface area contributed by atoms with Crippen molar-refractivity contribution in [1.82, 2.24) is 10.6 Å². The second-order valence-electron chi connectivity index (χ2n) is 3.31. The minimum atomic E-state index is -0.447. The molecule has 0 aromatic rings. The highest BCUT2D eigenvalue weighted by Gasteiger charge is 2.16. The van der Waals surface area contributed by atoms with Gasteiger partial charge in [-0.3, -0.25) is 4.79 Å². The van der Waals surface area contributed by atoms with E-state index in [1.165, 1.54) is 0 Å². The molecule has 0 bridgehead atoms. The van der Waals surface area contributed by atoms with Crippen LogP contribution in [0.15, 0.2) is 0 Å². The van der Waals surface area contributed by atoms with E-state index in [9.17, 15) is 9.90 Å². The Labute approximate surface area is 79.7 Å². The molecule has 0 aliphatic rings. The van der Waals surface area contributed by atoms with Crippen LogP contribution in [-0.4, -0.2) is 35.7 Å². The average Bonchev–Trinajstić information content (AvgIpc) is 2.04. The molecule has 3 N–H and O–H groups in total. The summed E-state index contributed by atoms with van der Waals surface area (Å²) in [6.45, 7) is 7.84. The van der Waals surface area contributed by atoms with Crippen LogP contribution in [0.2, 0.25) is 0 Å². The van der Waals surface area contributed by atoms with Crippen molar-refractivity contribution in [3.05, 3.63) is 0 Å². The molecule has 4 heteroatoms. The van der Waals surface area contributed by atoms with E-state index >= 15 is 0 Å². The Hall–Kier alpha value is -0.610. The van der Waals surface area contributed by atoms with Gasteiger partial charge in [-0.1, -0.05) is 0 Å². The molecule has 0 aromatic carbocycles. The zero-order valence-corrected chi connectivity index (χ0v) is 8.79. The van der Waals surface area contributed by atoms with E-state index in [4.69, 9.17) is 0 Å². The highest BCUT2D eigenvalue weighted by molar-refractivity contribution is 5.81. The number of aliphatic hydroxyl groups excluding tert-OH is 1. The summed E-state index contributed by atoms with van der Waals surface area (Å²) in [6, 6.07) is -0.331. The molecule has 0 aromatic heterocycles. The molecule has 78 valence electrons. The summed E-state index contributed by atoms with van der Waals surface area (Å²) >= 11 is 0. The molecule has 13 heavy (non-hydrogen) atoms. The fraction of sp³-hybridized carbons (Fsp3) is 0.889. The number of aliphatic hydroxyl groups is 1. The summed E-state index contributed by atoms with van der Waals surface area (Å²) in [5.41, 5.74) is 0. The first kappa shape index (κ1) is 12.4. The molecule has 1 amide bonds. The number of hydrogen-bond donors (Lipinski definition) is 3. The van der Waals surface area contributed by atoms with Gasteiger partial charge in [-0.2, -0.15) is 0 Å². The lowest BCUT2D eigenvalue weighted by molar-refractivity contribution is -0.122. The summed E-state index contributed by atoms with van der Waals surface area (Å²) in [6.07, 6.45) is -0.447. The smallest absolute Gasteiger partial charge is 0.236 e. The lowest BCUT2D eigenvalue weighted by atomic mass is 10.2. The normalized spacial score (nSPS) is 17.6. The summed E-state index contributed by atoms with van der Waals surface area (Å²) in [5.74, 6) is -0.0324. The SMILES string of the molecule is CCNC(=O)C(C)NC(C)C(C)O. The van der Waals surface area contributed by atoms with Gasteiger partial charge >= 0.3 is 0 Å². The minimum Gasteiger partial charge on any atom is -0.392 e. The van der Waals surface area contributed by atoms with E-state index in [0.29, 0.717) is 6.54 Å². The largest absolute Gasteiger partial charge is 0.392 e. The van der Waals surface area contributed by atoms with Crippen molar-refractivity contribution in [3.8, 4) is 0 Å². The second-order valence-corrected chi connectivity index (χ2v) is 3.31. The lowest BCUT2D eigenvalue weighted by Gasteiger charge is -2.21. The molecule has 3 atom stereocenters. The van der Waals surface area contributed by atoms with Gasteiger partial charge in [-0.15, -0.1) is 0 Å². The Morgan fingerprint density at radius 1 is 1.38 bits per heavy atom. The van der Waals surface area contributed by atoms with Gasteiger partial charge in [0.15, 0.2) is 0 Å². The monoisotopic (exact) mass is 188 g/mol. The van der Waals surface area contributed by atoms with Crippen LogP contribution in [0.4, 0.5) is 0 Å². The van der Waals surface area contributed by atoms with Gasteiger partial charge < -0.3 is 15.7 Å². The summed E-state index contributed by atoms with van der Waals surface area (Å²) in [4.78, 5) is 11.2. The van der Waals surface area contributed by atoms with Crippen molar-refractivity contribution < 1.29 is 9.90 Å². The molecule has 0 spiro atoms. The summed E-state index contributed by atoms with van der Waals surface area (Å²) in [5, 5.41) is 14.9. The van der Waals surface area contributed by atoms with Crippen LogP contribution < -0.4 is 10.6 Å². The molecule has 0 rings (SSSR count). The standard InChI is InChI=1S/C9H20N2O2/c1-5-10-9(13)7(3)11-6(2)8(4)12/h6-8,11-12H,5H2,1-4H3,(H,10,13). The predicted molar refractivity (Wildman–Crippen MR) is 52.4 cm³/mol. The Kier molecular flexibility index (Phi) is 5.66. The summed E-state index contributed by atoms with van der Waals surface area (Å²) in [7, 11) is 0. The van der Waals surface area contributed by atoms with E-state index in [2.05, 4.69) is 10.6 Å². The van der Waals surface area contributed by atoms with Gasteiger partial charge in [0.05, 0.1) is 12.1 Å². The summed E-state index contributed by atoms with van der Waals surface area (Å²) < 4.78 is 0. The van der Waals surface area contributed by atoms with Crippen molar-refractivity contribution in [2.75, 3.05) is 6.54 Å². The molecule has 0 aliphatic heterocycles. The first-order chi connectivity index (χ1) is 5.99. The van der Waals surface area contributed by atoms with E-state index in [0.717, 1.165) is 0 Å². The number of carbonyl (C=O) groups is 1. The average molecular weight is 188 g/mol. The maximum absolute atomic E-state index is 11.2. The van der Waals surface area contributed by atoms with E-state index < -0.39 is 6.10 Å². The zero-order chi connectivity index (χ0) is 10.4. The van der Waals surface area contributed by atoms with E-state index in [1.54, 1.807) is 13.8 Å². The Bertz CT molecular complexity index is 160. The van der Waals surface area contributed by atoms with Gasteiger partial charge in [-0.25, -0.2) is 0 Å². The molecule has 0 fully saturated rings. The highest BCUT2D eigenvalue weighted by atomic mass is 16.3. The number of nitrogens with one attached hydrogen (secondary N) is 2. The van der Waals surface area contributed by atoms with Crippen LogP contribution in [-0.2, 0) is 4.79 Å². The molecule has 0 heterocycles. The topological polar surface area (TPSA) is 61.4 Å². The van der Waals surface area contributed by atoms with Crippen LogP contribution in [0.5, 0.6) is 0 Å². The van der Waals surface area contributed by atoms with Crippen molar-refractivity contribution in [2.24, 2.45) is 0 Å². The number of carbonyl (C=O) groups excluding carboxylic acids is 1. The van der Waals surface area contributed by atoms with Crippen LogP contribution >= 0.6 is 0 Å². The molecular formula is C9H20N2O2. The molecule has 0 radical (unpaired) electrons.